The Balaban J connectivity index is 1.62. The highest BCUT2D eigenvalue weighted by Gasteiger charge is 2.26. The second-order valence-electron chi connectivity index (χ2n) is 5.71. The highest BCUT2D eigenvalue weighted by molar-refractivity contribution is 5.80. The summed E-state index contributed by atoms with van der Waals surface area (Å²) in [6, 6.07) is 3.45. The smallest absolute Gasteiger partial charge is 0.250 e. The van der Waals surface area contributed by atoms with Crippen LogP contribution >= 0.6 is 0 Å². The van der Waals surface area contributed by atoms with Gasteiger partial charge in [0.25, 0.3) is 0 Å². The summed E-state index contributed by atoms with van der Waals surface area (Å²) in [5.41, 5.74) is 0.643. The number of nitrogens with one attached hydrogen (secondary N) is 1. The maximum absolute atomic E-state index is 13.6. The van der Waals surface area contributed by atoms with E-state index < -0.39 is 23.5 Å². The molecule has 0 radical (unpaired) electrons. The Hall–Kier alpha value is -2.65. The van der Waals surface area contributed by atoms with E-state index in [0.29, 0.717) is 31.9 Å². The molecule has 1 N–H and O–H groups in total. The van der Waals surface area contributed by atoms with Gasteiger partial charge in [-0.15, -0.1) is 0 Å². The molecule has 138 valence electrons. The molecule has 2 aromatic rings. The van der Waals surface area contributed by atoms with Crippen molar-refractivity contribution in [1.82, 2.24) is 20.2 Å². The molecule has 1 fully saturated rings. The Morgan fingerprint density at radius 2 is 2.12 bits per heavy atom. The Bertz CT molecular complexity index is 753. The highest BCUT2D eigenvalue weighted by Crippen LogP contribution is 2.25. The van der Waals surface area contributed by atoms with Crippen LogP contribution < -0.4 is 10.1 Å². The summed E-state index contributed by atoms with van der Waals surface area (Å²) < 4.78 is 37.7. The van der Waals surface area contributed by atoms with Gasteiger partial charge in [-0.1, -0.05) is 6.07 Å². The number of carbonyl (C=O) groups excluding carboxylic acids is 1. The molecular weight excluding hydrogens is 346 g/mol. The predicted octanol–water partition coefficient (Wildman–Crippen LogP) is 1.49. The summed E-state index contributed by atoms with van der Waals surface area (Å²) in [5, 5.41) is 2.56. The van der Waals surface area contributed by atoms with Crippen molar-refractivity contribution in [1.29, 1.82) is 0 Å². The van der Waals surface area contributed by atoms with E-state index in [1.165, 1.54) is 18.5 Å². The Morgan fingerprint density at radius 1 is 1.35 bits per heavy atom. The van der Waals surface area contributed by atoms with Crippen molar-refractivity contribution in [3.05, 3.63) is 47.9 Å². The molecule has 2 heterocycles. The number of morpholine rings is 1. The minimum absolute atomic E-state index is 0.0111. The van der Waals surface area contributed by atoms with Crippen LogP contribution in [-0.2, 0) is 16.1 Å². The number of hydrogen-bond donors (Lipinski definition) is 1. The summed E-state index contributed by atoms with van der Waals surface area (Å²) >= 11 is 0. The van der Waals surface area contributed by atoms with E-state index in [9.17, 15) is 13.6 Å². The average Bonchev–Trinajstić information content (AvgIpc) is 2.66. The van der Waals surface area contributed by atoms with Crippen LogP contribution in [0.2, 0.25) is 0 Å². The zero-order chi connectivity index (χ0) is 18.5. The number of aromatic nitrogens is 2. The van der Waals surface area contributed by atoms with Crippen molar-refractivity contribution in [2.75, 3.05) is 26.7 Å². The maximum atomic E-state index is 13.6. The second-order valence-corrected chi connectivity index (χ2v) is 5.71. The molecule has 1 aliphatic heterocycles. The Kier molecular flexibility index (Phi) is 5.69. The van der Waals surface area contributed by atoms with Crippen molar-refractivity contribution in [2.24, 2.45) is 0 Å². The molecule has 1 saturated heterocycles. The molecule has 1 aromatic heterocycles. The minimum atomic E-state index is -0.815. The van der Waals surface area contributed by atoms with Crippen LogP contribution in [0.4, 0.5) is 8.78 Å². The van der Waals surface area contributed by atoms with Crippen LogP contribution in [0.15, 0.2) is 30.6 Å². The van der Waals surface area contributed by atoms with Gasteiger partial charge in [0.05, 0.1) is 24.7 Å². The lowest BCUT2D eigenvalue weighted by Gasteiger charge is -2.31. The molecule has 0 bridgehead atoms. The third kappa shape index (κ3) is 4.30. The van der Waals surface area contributed by atoms with Crippen molar-refractivity contribution in [3.8, 4) is 11.6 Å². The van der Waals surface area contributed by atoms with E-state index in [-0.39, 0.29) is 11.8 Å². The number of hydrogen-bond acceptors (Lipinski definition) is 6. The normalized spacial score (nSPS) is 17.7. The third-order valence-electron chi connectivity index (χ3n) is 3.88. The lowest BCUT2D eigenvalue weighted by atomic mass is 10.2. The van der Waals surface area contributed by atoms with Crippen LogP contribution in [-0.4, -0.2) is 53.6 Å². The molecule has 1 aliphatic rings. The van der Waals surface area contributed by atoms with Crippen LogP contribution in [0.25, 0.3) is 0 Å². The first-order chi connectivity index (χ1) is 12.6. The fourth-order valence-corrected chi connectivity index (χ4v) is 2.56. The number of para-hydroxylation sites is 1. The van der Waals surface area contributed by atoms with Crippen molar-refractivity contribution >= 4 is 5.91 Å². The summed E-state index contributed by atoms with van der Waals surface area (Å²) in [5.74, 6) is -2.33. The van der Waals surface area contributed by atoms with E-state index in [4.69, 9.17) is 9.47 Å². The standard InChI is InChI=1S/C17H18F2N4O3/c1-20-17(24)14-10-23(5-6-25-14)9-11-7-22-15(8-21-11)26-16-12(18)3-2-4-13(16)19/h2-4,7-8,14H,5-6,9-10H2,1H3,(H,20,24). The second kappa shape index (κ2) is 8.15. The molecule has 1 atom stereocenters. The number of carbonyl (C=O) groups is 1. The van der Waals surface area contributed by atoms with Crippen LogP contribution in [0.3, 0.4) is 0 Å². The zero-order valence-corrected chi connectivity index (χ0v) is 14.1. The first kappa shape index (κ1) is 18.2. The fourth-order valence-electron chi connectivity index (χ4n) is 2.56. The summed E-state index contributed by atoms with van der Waals surface area (Å²) in [4.78, 5) is 21.9. The van der Waals surface area contributed by atoms with Gasteiger partial charge in [0, 0.05) is 26.7 Å². The monoisotopic (exact) mass is 364 g/mol. The molecule has 7 nitrogen and oxygen atoms in total. The van der Waals surface area contributed by atoms with E-state index >= 15 is 0 Å². The van der Waals surface area contributed by atoms with E-state index in [2.05, 4.69) is 15.3 Å². The number of benzene rings is 1. The van der Waals surface area contributed by atoms with Crippen molar-refractivity contribution in [3.63, 3.8) is 0 Å². The van der Waals surface area contributed by atoms with E-state index in [1.54, 1.807) is 7.05 Å². The first-order valence-electron chi connectivity index (χ1n) is 8.05. The van der Waals surface area contributed by atoms with Gasteiger partial charge in [0.1, 0.15) is 6.10 Å². The number of halogens is 2. The topological polar surface area (TPSA) is 76.6 Å². The van der Waals surface area contributed by atoms with E-state index in [1.807, 2.05) is 4.90 Å². The van der Waals surface area contributed by atoms with Gasteiger partial charge in [0.15, 0.2) is 11.6 Å². The number of nitrogens with zero attached hydrogens (tertiary/aromatic N) is 3. The lowest BCUT2D eigenvalue weighted by molar-refractivity contribution is -0.138. The van der Waals surface area contributed by atoms with Gasteiger partial charge < -0.3 is 14.8 Å². The summed E-state index contributed by atoms with van der Waals surface area (Å²) in [6.07, 6.45) is 2.25. The Labute approximate surface area is 149 Å². The van der Waals surface area contributed by atoms with Crippen molar-refractivity contribution in [2.45, 2.75) is 12.6 Å². The fraction of sp³-hybridized carbons (Fsp3) is 0.353. The number of likely N-dealkylation sites (N-methyl/N-ethyl adjacent to an activating group) is 1. The van der Waals surface area contributed by atoms with Crippen LogP contribution in [0.1, 0.15) is 5.69 Å². The number of ether oxygens (including phenoxy) is 2. The van der Waals surface area contributed by atoms with Gasteiger partial charge in [-0.25, -0.2) is 13.8 Å². The van der Waals surface area contributed by atoms with Crippen molar-refractivity contribution < 1.29 is 23.0 Å². The van der Waals surface area contributed by atoms with Gasteiger partial charge in [-0.05, 0) is 12.1 Å². The molecule has 3 rings (SSSR count). The molecule has 0 saturated carbocycles. The number of amides is 1. The molecule has 1 aromatic carbocycles. The van der Waals surface area contributed by atoms with Crippen LogP contribution in [0, 0.1) is 11.6 Å². The van der Waals surface area contributed by atoms with Gasteiger partial charge in [0.2, 0.25) is 17.5 Å². The molecule has 26 heavy (non-hydrogen) atoms. The largest absolute Gasteiger partial charge is 0.431 e. The third-order valence-corrected chi connectivity index (χ3v) is 3.88. The molecule has 1 unspecified atom stereocenters. The molecule has 0 spiro atoms. The van der Waals surface area contributed by atoms with Gasteiger partial charge in [-0.2, -0.15) is 0 Å². The lowest BCUT2D eigenvalue weighted by Crippen LogP contribution is -2.48. The molecule has 9 heteroatoms. The number of rotatable bonds is 5. The first-order valence-corrected chi connectivity index (χ1v) is 8.05. The average molecular weight is 364 g/mol. The predicted molar refractivity (Wildman–Crippen MR) is 87.5 cm³/mol. The van der Waals surface area contributed by atoms with E-state index in [0.717, 1.165) is 12.1 Å². The van der Waals surface area contributed by atoms with Gasteiger partial charge in [-0.3, -0.25) is 14.7 Å². The zero-order valence-electron chi connectivity index (χ0n) is 14.1. The quantitative estimate of drug-likeness (QED) is 0.866. The summed E-state index contributed by atoms with van der Waals surface area (Å²) in [6.45, 7) is 2.02. The summed E-state index contributed by atoms with van der Waals surface area (Å²) in [7, 11) is 1.56. The highest BCUT2D eigenvalue weighted by atomic mass is 19.1. The van der Waals surface area contributed by atoms with Crippen LogP contribution in [0.5, 0.6) is 11.6 Å². The SMILES string of the molecule is CNC(=O)C1CN(Cc2cnc(Oc3c(F)cccc3F)cn2)CCO1. The minimum Gasteiger partial charge on any atom is -0.431 e. The molecular formula is C17H18F2N4O3. The molecule has 1 amide bonds. The molecule has 0 aliphatic carbocycles. The Morgan fingerprint density at radius 3 is 2.77 bits per heavy atom. The van der Waals surface area contributed by atoms with Gasteiger partial charge >= 0.3 is 0 Å². The maximum Gasteiger partial charge on any atom is 0.250 e.